The molecule has 0 radical (unpaired) electrons. The minimum atomic E-state index is 0. The Hall–Kier alpha value is -0.877. The summed E-state index contributed by atoms with van der Waals surface area (Å²) in [5.41, 5.74) is 11.2. The molecule has 0 amide bonds. The van der Waals surface area contributed by atoms with Gasteiger partial charge in [0, 0.05) is 0 Å². The first-order chi connectivity index (χ1) is 14.1. The van der Waals surface area contributed by atoms with Crippen molar-refractivity contribution in [3.05, 3.63) is 88.0 Å². The van der Waals surface area contributed by atoms with E-state index in [2.05, 4.69) is 110 Å². The fraction of sp³-hybridized carbons (Fsp3) is 0.379. The molecule has 0 unspecified atom stereocenters. The third kappa shape index (κ3) is 8.81. The summed E-state index contributed by atoms with van der Waals surface area (Å²) in [6.07, 6.45) is 1.05. The minimum absolute atomic E-state index is 0. The predicted octanol–water partition coefficient (Wildman–Crippen LogP) is 2.08. The maximum atomic E-state index is 3.62. The van der Waals surface area contributed by atoms with Gasteiger partial charge in [-0.05, 0) is 29.4 Å². The molecule has 0 bridgehead atoms. The second-order valence-corrected chi connectivity index (χ2v) is 11.6. The van der Waals surface area contributed by atoms with E-state index in [9.17, 15) is 0 Å². The Morgan fingerprint density at radius 2 is 1.41 bits per heavy atom. The van der Waals surface area contributed by atoms with Gasteiger partial charge in [0.25, 0.3) is 0 Å². The fourth-order valence-electron chi connectivity index (χ4n) is 3.46. The first-order valence-electron chi connectivity index (χ1n) is 11.0. The second kappa shape index (κ2) is 14.4. The number of halogens is 2. The molecule has 172 valence electrons. The molecule has 0 spiro atoms. The molecular weight excluding hydrogens is 510 g/mol. The van der Waals surface area contributed by atoms with Crippen molar-refractivity contribution < 1.29 is 49.0 Å². The second-order valence-electron chi connectivity index (χ2n) is 9.10. The molecule has 3 heteroatoms. The SMILES string of the molecule is CC(C)c1[c-]c2c(cc1)-c1ccc(C(C)C)cc1C2.C[C](C)=[Zr+2].Cc1c[cH-]cc1C.[Cl-].[Cl-]. The van der Waals surface area contributed by atoms with Crippen molar-refractivity contribution in [2.45, 2.75) is 73.6 Å². The van der Waals surface area contributed by atoms with Crippen LogP contribution in [-0.2, 0) is 30.7 Å². The van der Waals surface area contributed by atoms with Crippen LogP contribution in [-0.4, -0.2) is 3.21 Å². The molecule has 0 saturated heterocycles. The van der Waals surface area contributed by atoms with E-state index in [0.29, 0.717) is 11.8 Å². The van der Waals surface area contributed by atoms with Crippen molar-refractivity contribution in [1.29, 1.82) is 0 Å². The van der Waals surface area contributed by atoms with E-state index in [-0.39, 0.29) is 24.8 Å². The molecule has 0 fully saturated rings. The summed E-state index contributed by atoms with van der Waals surface area (Å²) in [5.74, 6) is 1.16. The summed E-state index contributed by atoms with van der Waals surface area (Å²) >= 11 is 1.55. The number of benzene rings is 2. The van der Waals surface area contributed by atoms with Crippen molar-refractivity contribution in [3.8, 4) is 11.1 Å². The van der Waals surface area contributed by atoms with Gasteiger partial charge >= 0.3 is 41.3 Å². The van der Waals surface area contributed by atoms with Crippen LogP contribution in [0.15, 0.2) is 48.5 Å². The van der Waals surface area contributed by atoms with E-state index in [4.69, 9.17) is 0 Å². The Morgan fingerprint density at radius 1 is 0.875 bits per heavy atom. The zero-order chi connectivity index (χ0) is 22.4. The monoisotopic (exact) mass is 544 g/mol. The summed E-state index contributed by atoms with van der Waals surface area (Å²) in [6, 6.07) is 21.4. The molecule has 0 nitrogen and oxygen atoms in total. The topological polar surface area (TPSA) is 0 Å². The molecule has 32 heavy (non-hydrogen) atoms. The van der Waals surface area contributed by atoms with Gasteiger partial charge in [0.15, 0.2) is 0 Å². The summed E-state index contributed by atoms with van der Waals surface area (Å²) in [5, 5.41) is 0. The van der Waals surface area contributed by atoms with Crippen LogP contribution >= 0.6 is 0 Å². The van der Waals surface area contributed by atoms with Gasteiger partial charge in [-0.3, -0.25) is 0 Å². The van der Waals surface area contributed by atoms with Crippen molar-refractivity contribution in [3.63, 3.8) is 0 Å². The van der Waals surface area contributed by atoms with Gasteiger partial charge in [0.05, 0.1) is 0 Å². The first kappa shape index (κ1) is 31.1. The normalized spacial score (nSPS) is 10.6. The third-order valence-corrected chi connectivity index (χ3v) is 5.44. The van der Waals surface area contributed by atoms with E-state index in [1.54, 1.807) is 24.2 Å². The maximum absolute atomic E-state index is 3.62. The average molecular weight is 547 g/mol. The maximum Gasteiger partial charge on any atom is -0.0958 e. The Morgan fingerprint density at radius 3 is 1.84 bits per heavy atom. The standard InChI is InChI=1S/C19H21.C7H9.C3H6.2ClH.Zr/c1-12(2)14-5-7-18-16(9-14)11-17-10-15(13(3)4)6-8-19(17)18;1-6-4-3-5-7(6)2;1-3-2;;;/h5-9,12-13H,11H2,1-4H3;3-5H,1-2H3;1-2H3;2*1H;/q2*-1;;;;+2/p-2. The molecule has 4 rings (SSSR count). The Labute approximate surface area is 223 Å². The molecular formula is C29H36Cl2Zr-2. The molecule has 0 atom stereocenters. The Kier molecular flexibility index (Phi) is 14.0. The Balaban J connectivity index is 0.000000621. The van der Waals surface area contributed by atoms with Crippen molar-refractivity contribution in [2.75, 3.05) is 0 Å². The van der Waals surface area contributed by atoms with E-state index in [0.717, 1.165) is 6.42 Å². The predicted molar refractivity (Wildman–Crippen MR) is 130 cm³/mol. The van der Waals surface area contributed by atoms with Crippen LogP contribution in [0.5, 0.6) is 0 Å². The largest absolute Gasteiger partial charge is 1.00 e. The van der Waals surface area contributed by atoms with Gasteiger partial charge in [-0.2, -0.15) is 53.1 Å². The van der Waals surface area contributed by atoms with Crippen LogP contribution in [0.25, 0.3) is 11.1 Å². The van der Waals surface area contributed by atoms with E-state index < -0.39 is 0 Å². The van der Waals surface area contributed by atoms with Gasteiger partial charge in [0.2, 0.25) is 0 Å². The first-order valence-corrected chi connectivity index (χ1v) is 12.2. The zero-order valence-electron chi connectivity index (χ0n) is 20.7. The fourth-order valence-corrected chi connectivity index (χ4v) is 3.46. The molecule has 1 aliphatic rings. The summed E-state index contributed by atoms with van der Waals surface area (Å²) in [7, 11) is 0. The van der Waals surface area contributed by atoms with Crippen LogP contribution in [0.4, 0.5) is 0 Å². The summed E-state index contributed by atoms with van der Waals surface area (Å²) < 4.78 is 1.51. The average Bonchev–Trinajstić information content (AvgIpc) is 3.22. The molecule has 0 heterocycles. The van der Waals surface area contributed by atoms with Crippen LogP contribution < -0.4 is 24.8 Å². The van der Waals surface area contributed by atoms with Crippen LogP contribution in [0.3, 0.4) is 0 Å². The van der Waals surface area contributed by atoms with E-state index >= 15 is 0 Å². The van der Waals surface area contributed by atoms with Crippen LogP contribution in [0.1, 0.15) is 86.8 Å². The molecule has 0 saturated carbocycles. The Bertz CT molecular complexity index is 920. The van der Waals surface area contributed by atoms with Gasteiger partial charge in [-0.15, -0.1) is 11.1 Å². The van der Waals surface area contributed by atoms with E-state index in [1.165, 1.54) is 47.7 Å². The number of hydrogen-bond acceptors (Lipinski definition) is 0. The molecule has 1 aliphatic carbocycles. The smallest absolute Gasteiger partial charge is 0.0958 e. The number of aryl methyl sites for hydroxylation is 2. The summed E-state index contributed by atoms with van der Waals surface area (Å²) in [6.45, 7) is 17.5. The van der Waals surface area contributed by atoms with Crippen molar-refractivity contribution in [1.82, 2.24) is 0 Å². The number of fused-ring (bicyclic) bond motifs is 3. The van der Waals surface area contributed by atoms with Gasteiger partial charge in [0.1, 0.15) is 0 Å². The molecule has 0 aromatic heterocycles. The minimum Gasteiger partial charge on any atom is -1.00 e. The van der Waals surface area contributed by atoms with Crippen molar-refractivity contribution in [2.24, 2.45) is 0 Å². The molecule has 0 N–H and O–H groups in total. The van der Waals surface area contributed by atoms with Crippen LogP contribution in [0.2, 0.25) is 0 Å². The quantitative estimate of drug-likeness (QED) is 0.338. The molecule has 3 aromatic rings. The number of hydrogen-bond donors (Lipinski definition) is 0. The van der Waals surface area contributed by atoms with Gasteiger partial charge < -0.3 is 24.8 Å². The number of rotatable bonds is 2. The van der Waals surface area contributed by atoms with Gasteiger partial charge in [-0.25, -0.2) is 0 Å². The van der Waals surface area contributed by atoms with Crippen molar-refractivity contribution >= 4 is 3.21 Å². The summed E-state index contributed by atoms with van der Waals surface area (Å²) in [4.78, 5) is 0. The zero-order valence-corrected chi connectivity index (χ0v) is 24.7. The molecule has 0 aliphatic heterocycles. The van der Waals surface area contributed by atoms with Gasteiger partial charge in [-0.1, -0.05) is 65.3 Å². The van der Waals surface area contributed by atoms with Crippen LogP contribution in [0, 0.1) is 19.9 Å². The third-order valence-electron chi connectivity index (χ3n) is 5.44. The van der Waals surface area contributed by atoms with E-state index in [1.807, 2.05) is 0 Å². The molecule has 3 aromatic carbocycles.